The van der Waals surface area contributed by atoms with Crippen molar-refractivity contribution in [2.45, 2.75) is 18.3 Å². The number of carbonyl (C=O) groups excluding carboxylic acids is 1. The standard InChI is InChI=1S/C20H15ClN2O6S2/c21-13-6-7-15-14(10-13)23(9-8-16(23)31(25,26)27)19(28-15)17-18(24)22(20(30)29-17)11-12-4-2-1-3-5-12/h1-7,10,16H,8-9,11H2/p+1/b19-17-. The van der Waals surface area contributed by atoms with Gasteiger partial charge in [-0.1, -0.05) is 41.9 Å². The van der Waals surface area contributed by atoms with Gasteiger partial charge in [0.25, 0.3) is 10.9 Å². The molecule has 1 spiro atoms. The van der Waals surface area contributed by atoms with E-state index in [0.717, 1.165) is 5.56 Å². The molecule has 3 aliphatic rings. The van der Waals surface area contributed by atoms with Crippen LogP contribution in [-0.2, 0) is 26.2 Å². The minimum Gasteiger partial charge on any atom is -0.416 e. The number of hydrogen-bond acceptors (Lipinski definition) is 6. The number of benzene rings is 2. The number of rotatable bonds is 3. The van der Waals surface area contributed by atoms with Crippen molar-refractivity contribution in [2.75, 3.05) is 6.54 Å². The Bertz CT molecular complexity index is 1260. The Morgan fingerprint density at radius 3 is 2.58 bits per heavy atom. The van der Waals surface area contributed by atoms with Crippen LogP contribution in [0, 0.1) is 0 Å². The number of fused-ring (bicyclic) bond motifs is 2. The molecule has 160 valence electrons. The van der Waals surface area contributed by atoms with Gasteiger partial charge in [-0.2, -0.15) is 8.42 Å². The second kappa shape index (κ2) is 7.01. The van der Waals surface area contributed by atoms with Gasteiger partial charge in [-0.05, 0) is 29.9 Å². The Hall–Kier alpha value is -2.50. The quantitative estimate of drug-likeness (QED) is 0.313. The first-order valence-corrected chi connectivity index (χ1v) is 11.7. The summed E-state index contributed by atoms with van der Waals surface area (Å²) in [4.78, 5) is 14.5. The number of nitrogens with zero attached hydrogens (tertiary/aromatic N) is 2. The van der Waals surface area contributed by atoms with Crippen LogP contribution in [0.1, 0.15) is 12.0 Å². The third-order valence-corrected chi connectivity index (χ3v) is 7.53. The largest absolute Gasteiger partial charge is 0.416 e. The molecule has 3 aliphatic heterocycles. The molecule has 2 saturated heterocycles. The number of ether oxygens (including phenoxy) is 2. The molecule has 8 nitrogen and oxygen atoms in total. The number of hydrogen-bond donors (Lipinski definition) is 1. The van der Waals surface area contributed by atoms with Crippen molar-refractivity contribution in [2.24, 2.45) is 0 Å². The zero-order chi connectivity index (χ0) is 22.0. The van der Waals surface area contributed by atoms with Crippen LogP contribution in [0.15, 0.2) is 60.2 Å². The molecule has 3 heterocycles. The second-order valence-corrected chi connectivity index (χ2v) is 9.80. The van der Waals surface area contributed by atoms with E-state index in [0.29, 0.717) is 16.5 Å². The molecule has 0 saturated carbocycles. The Kier molecular flexibility index (Phi) is 4.61. The molecule has 0 aliphatic carbocycles. The Morgan fingerprint density at radius 2 is 1.94 bits per heavy atom. The van der Waals surface area contributed by atoms with Crippen LogP contribution in [0.25, 0.3) is 0 Å². The minimum atomic E-state index is -4.47. The average molecular weight is 480 g/mol. The van der Waals surface area contributed by atoms with Crippen molar-refractivity contribution < 1.29 is 27.2 Å². The normalized spacial score (nSPS) is 27.2. The van der Waals surface area contributed by atoms with Crippen molar-refractivity contribution in [3.8, 4) is 5.75 Å². The van der Waals surface area contributed by atoms with E-state index in [9.17, 15) is 17.8 Å². The number of amides is 1. The third-order valence-electron chi connectivity index (χ3n) is 5.71. The molecule has 31 heavy (non-hydrogen) atoms. The molecule has 2 fully saturated rings. The van der Waals surface area contributed by atoms with Crippen LogP contribution in [0.4, 0.5) is 5.69 Å². The lowest BCUT2D eigenvalue weighted by atomic mass is 10.1. The van der Waals surface area contributed by atoms with Crippen molar-refractivity contribution in [3.05, 3.63) is 70.8 Å². The summed E-state index contributed by atoms with van der Waals surface area (Å²) in [5.74, 6) is -0.416. The van der Waals surface area contributed by atoms with E-state index in [-0.39, 0.29) is 36.3 Å². The Labute approximate surface area is 188 Å². The number of quaternary nitrogens is 1. The molecule has 5 rings (SSSR count). The molecule has 0 bridgehead atoms. The van der Waals surface area contributed by atoms with E-state index in [2.05, 4.69) is 0 Å². The molecule has 0 aromatic heterocycles. The average Bonchev–Trinajstić information content (AvgIpc) is 3.17. The maximum atomic E-state index is 13.2. The number of halogens is 1. The van der Waals surface area contributed by atoms with Gasteiger partial charge in [0.1, 0.15) is 0 Å². The van der Waals surface area contributed by atoms with Gasteiger partial charge in [0.15, 0.2) is 11.4 Å². The van der Waals surface area contributed by atoms with Crippen molar-refractivity contribution in [1.29, 1.82) is 0 Å². The molecule has 2 aromatic rings. The van der Waals surface area contributed by atoms with Crippen LogP contribution < -0.4 is 9.22 Å². The molecule has 11 heteroatoms. The highest BCUT2D eigenvalue weighted by Crippen LogP contribution is 2.54. The SMILES string of the molecule is O=C1/C(=C2/Oc3ccc(Cl)cc3[N+]23CCC3S(=O)(=O)O)OC(=S)N1Cc1ccccc1. The molecular weight excluding hydrogens is 464 g/mol. The highest BCUT2D eigenvalue weighted by molar-refractivity contribution is 7.86. The highest BCUT2D eigenvalue weighted by Gasteiger charge is 2.66. The minimum absolute atomic E-state index is 0.0194. The van der Waals surface area contributed by atoms with Gasteiger partial charge in [-0.25, -0.2) is 4.48 Å². The van der Waals surface area contributed by atoms with Gasteiger partial charge >= 0.3 is 21.9 Å². The van der Waals surface area contributed by atoms with Gasteiger partial charge < -0.3 is 9.47 Å². The molecule has 2 unspecified atom stereocenters. The topological polar surface area (TPSA) is 93.1 Å². The lowest BCUT2D eigenvalue weighted by Gasteiger charge is -2.45. The van der Waals surface area contributed by atoms with Crippen molar-refractivity contribution in [1.82, 2.24) is 9.38 Å². The maximum Gasteiger partial charge on any atom is 0.353 e. The van der Waals surface area contributed by atoms with Crippen molar-refractivity contribution in [3.63, 3.8) is 0 Å². The van der Waals surface area contributed by atoms with Crippen LogP contribution in [0.5, 0.6) is 5.75 Å². The molecule has 0 radical (unpaired) electrons. The number of thiocarbonyl (C=S) groups is 1. The Morgan fingerprint density at radius 1 is 1.19 bits per heavy atom. The summed E-state index contributed by atoms with van der Waals surface area (Å²) in [6, 6.07) is 14.0. The fourth-order valence-corrected chi connectivity index (χ4v) is 5.79. The fraction of sp³-hybridized carbons (Fsp3) is 0.200. The highest BCUT2D eigenvalue weighted by atomic mass is 35.5. The molecule has 2 aromatic carbocycles. The van der Waals surface area contributed by atoms with Gasteiger partial charge in [0, 0.05) is 11.1 Å². The summed E-state index contributed by atoms with van der Waals surface area (Å²) in [7, 11) is -4.47. The summed E-state index contributed by atoms with van der Waals surface area (Å²) in [6.07, 6.45) is 0.178. The first-order valence-electron chi connectivity index (χ1n) is 9.36. The predicted octanol–water partition coefficient (Wildman–Crippen LogP) is 3.17. The summed E-state index contributed by atoms with van der Waals surface area (Å²) >= 11 is 11.4. The Balaban J connectivity index is 1.62. The van der Waals surface area contributed by atoms with Crippen LogP contribution in [-0.4, -0.2) is 40.9 Å². The van der Waals surface area contributed by atoms with Crippen LogP contribution in [0.3, 0.4) is 0 Å². The predicted molar refractivity (Wildman–Crippen MR) is 116 cm³/mol. The van der Waals surface area contributed by atoms with Crippen LogP contribution in [0.2, 0.25) is 5.02 Å². The molecule has 1 amide bonds. The van der Waals surface area contributed by atoms with E-state index < -0.39 is 25.9 Å². The maximum absolute atomic E-state index is 13.2. The molecular formula is C20H16ClN2O6S2+. The molecule has 2 atom stereocenters. The summed E-state index contributed by atoms with van der Waals surface area (Å²) in [6.45, 7) is 0.467. The summed E-state index contributed by atoms with van der Waals surface area (Å²) in [5.41, 5.74) is 1.28. The van der Waals surface area contributed by atoms with E-state index in [4.69, 9.17) is 33.3 Å². The zero-order valence-corrected chi connectivity index (χ0v) is 18.3. The van der Waals surface area contributed by atoms with E-state index in [1.807, 2.05) is 30.3 Å². The summed E-state index contributed by atoms with van der Waals surface area (Å²) < 4.78 is 45.3. The summed E-state index contributed by atoms with van der Waals surface area (Å²) in [5, 5.41) is -0.939. The van der Waals surface area contributed by atoms with Gasteiger partial charge in [-0.3, -0.25) is 14.2 Å². The van der Waals surface area contributed by atoms with Gasteiger partial charge in [0.05, 0.1) is 19.5 Å². The first kappa shape index (κ1) is 20.4. The number of carbonyl (C=O) groups is 1. The van der Waals surface area contributed by atoms with Crippen molar-refractivity contribution >= 4 is 50.7 Å². The van der Waals surface area contributed by atoms with E-state index >= 15 is 0 Å². The lowest BCUT2D eigenvalue weighted by molar-refractivity contribution is -0.123. The molecule has 1 N–H and O–H groups in total. The van der Waals surface area contributed by atoms with Gasteiger partial charge in [-0.15, -0.1) is 0 Å². The zero-order valence-electron chi connectivity index (χ0n) is 15.9. The van der Waals surface area contributed by atoms with E-state index in [1.54, 1.807) is 18.2 Å². The van der Waals surface area contributed by atoms with Crippen LogP contribution >= 0.6 is 23.8 Å². The lowest BCUT2D eigenvalue weighted by Crippen LogP contribution is -2.68. The third kappa shape index (κ3) is 3.06. The smallest absolute Gasteiger partial charge is 0.353 e. The van der Waals surface area contributed by atoms with Gasteiger partial charge in [0.2, 0.25) is 5.37 Å². The monoisotopic (exact) mass is 479 g/mol. The first-order chi connectivity index (χ1) is 14.7. The van der Waals surface area contributed by atoms with E-state index in [1.165, 1.54) is 4.90 Å². The fourth-order valence-electron chi connectivity index (χ4n) is 4.22. The second-order valence-electron chi connectivity index (χ2n) is 7.44.